The third-order valence-corrected chi connectivity index (χ3v) is 4.51. The zero-order valence-corrected chi connectivity index (χ0v) is 15.5. The van der Waals surface area contributed by atoms with Crippen molar-refractivity contribution in [2.75, 3.05) is 12.4 Å². The lowest BCUT2D eigenvalue weighted by atomic mass is 10.1. The van der Waals surface area contributed by atoms with Gasteiger partial charge in [-0.2, -0.15) is 0 Å². The fourth-order valence-corrected chi connectivity index (χ4v) is 2.95. The summed E-state index contributed by atoms with van der Waals surface area (Å²) in [6, 6.07) is 17.1. The number of anilines is 1. The Bertz CT molecular complexity index is 1100. The van der Waals surface area contributed by atoms with Gasteiger partial charge in [0.2, 0.25) is 0 Å². The molecule has 0 unspecified atom stereocenters. The maximum Gasteiger partial charge on any atom is 0.278 e. The smallest absolute Gasteiger partial charge is 0.278 e. The molecule has 2 heterocycles. The minimum absolute atomic E-state index is 0.232. The Labute approximate surface area is 162 Å². The number of oxazole rings is 1. The van der Waals surface area contributed by atoms with Crippen LogP contribution in [0.4, 0.5) is 5.69 Å². The van der Waals surface area contributed by atoms with E-state index in [1.165, 1.54) is 6.39 Å². The SMILES string of the molecule is COc1ccc(-c2ocnc2C(=O)Nc2cc(-n3cccc3)ccc2C)cc1. The van der Waals surface area contributed by atoms with Crippen LogP contribution in [0.15, 0.2) is 77.8 Å². The topological polar surface area (TPSA) is 69.3 Å². The van der Waals surface area contributed by atoms with Gasteiger partial charge in [-0.15, -0.1) is 0 Å². The lowest BCUT2D eigenvalue weighted by Gasteiger charge is -2.11. The average Bonchev–Trinajstić information content (AvgIpc) is 3.42. The largest absolute Gasteiger partial charge is 0.497 e. The van der Waals surface area contributed by atoms with Crippen molar-refractivity contribution in [1.29, 1.82) is 0 Å². The monoisotopic (exact) mass is 373 g/mol. The maximum atomic E-state index is 12.9. The summed E-state index contributed by atoms with van der Waals surface area (Å²) in [6.45, 7) is 1.95. The van der Waals surface area contributed by atoms with Gasteiger partial charge in [-0.1, -0.05) is 6.07 Å². The van der Waals surface area contributed by atoms with Gasteiger partial charge in [0, 0.05) is 29.3 Å². The van der Waals surface area contributed by atoms with Gasteiger partial charge in [-0.25, -0.2) is 4.98 Å². The highest BCUT2D eigenvalue weighted by molar-refractivity contribution is 6.06. The van der Waals surface area contributed by atoms with E-state index in [9.17, 15) is 4.79 Å². The predicted molar refractivity (Wildman–Crippen MR) is 107 cm³/mol. The number of rotatable bonds is 5. The summed E-state index contributed by atoms with van der Waals surface area (Å²) in [5.41, 5.74) is 3.62. The van der Waals surface area contributed by atoms with E-state index in [1.54, 1.807) is 7.11 Å². The summed E-state index contributed by atoms with van der Waals surface area (Å²) in [7, 11) is 1.60. The highest BCUT2D eigenvalue weighted by atomic mass is 16.5. The number of aryl methyl sites for hydroxylation is 1. The molecule has 0 aliphatic carbocycles. The Kier molecular flexibility index (Phi) is 4.68. The number of aromatic nitrogens is 2. The molecule has 0 fully saturated rings. The second-order valence-electron chi connectivity index (χ2n) is 6.30. The van der Waals surface area contributed by atoms with E-state index in [0.717, 1.165) is 28.3 Å². The molecule has 0 saturated carbocycles. The predicted octanol–water partition coefficient (Wildman–Crippen LogP) is 4.70. The summed E-state index contributed by atoms with van der Waals surface area (Å²) in [4.78, 5) is 17.0. The van der Waals surface area contributed by atoms with Crippen molar-refractivity contribution in [3.8, 4) is 22.8 Å². The number of nitrogens with zero attached hydrogens (tertiary/aromatic N) is 2. The number of benzene rings is 2. The molecule has 0 bridgehead atoms. The average molecular weight is 373 g/mol. The number of ether oxygens (including phenoxy) is 1. The van der Waals surface area contributed by atoms with Crippen LogP contribution < -0.4 is 10.1 Å². The molecule has 6 nitrogen and oxygen atoms in total. The zero-order valence-electron chi connectivity index (χ0n) is 15.5. The molecule has 1 N–H and O–H groups in total. The second kappa shape index (κ2) is 7.44. The van der Waals surface area contributed by atoms with E-state index in [0.29, 0.717) is 5.76 Å². The summed E-state index contributed by atoms with van der Waals surface area (Å²) >= 11 is 0. The van der Waals surface area contributed by atoms with Crippen LogP contribution in [0.3, 0.4) is 0 Å². The molecule has 6 heteroatoms. The fraction of sp³-hybridized carbons (Fsp3) is 0.0909. The van der Waals surface area contributed by atoms with Gasteiger partial charge in [-0.3, -0.25) is 4.79 Å². The molecule has 0 aliphatic rings. The Morgan fingerprint density at radius 1 is 1.11 bits per heavy atom. The number of methoxy groups -OCH3 is 1. The second-order valence-corrected chi connectivity index (χ2v) is 6.30. The normalized spacial score (nSPS) is 10.6. The van der Waals surface area contributed by atoms with Gasteiger partial charge >= 0.3 is 0 Å². The minimum atomic E-state index is -0.327. The number of hydrogen-bond donors (Lipinski definition) is 1. The first-order valence-corrected chi connectivity index (χ1v) is 8.79. The molecule has 2 aromatic heterocycles. The molecule has 2 aromatic carbocycles. The third-order valence-electron chi connectivity index (χ3n) is 4.51. The van der Waals surface area contributed by atoms with Gasteiger partial charge in [0.1, 0.15) is 5.75 Å². The van der Waals surface area contributed by atoms with Crippen LogP contribution in [0, 0.1) is 6.92 Å². The summed E-state index contributed by atoms with van der Waals surface area (Å²) < 4.78 is 12.6. The molecule has 4 aromatic rings. The van der Waals surface area contributed by atoms with Crippen molar-refractivity contribution in [2.45, 2.75) is 6.92 Å². The van der Waals surface area contributed by atoms with Crippen LogP contribution in [-0.2, 0) is 0 Å². The van der Waals surface area contributed by atoms with Crippen LogP contribution in [0.25, 0.3) is 17.0 Å². The fourth-order valence-electron chi connectivity index (χ4n) is 2.95. The van der Waals surface area contributed by atoms with Crippen molar-refractivity contribution in [3.05, 3.63) is 84.6 Å². The van der Waals surface area contributed by atoms with Gasteiger partial charge < -0.3 is 19.0 Å². The van der Waals surface area contributed by atoms with Crippen LogP contribution in [0.5, 0.6) is 5.75 Å². The number of hydrogen-bond acceptors (Lipinski definition) is 4. The number of carbonyl (C=O) groups is 1. The van der Waals surface area contributed by atoms with Crippen LogP contribution in [0.2, 0.25) is 0 Å². The van der Waals surface area contributed by atoms with Crippen LogP contribution in [0.1, 0.15) is 16.1 Å². The standard InChI is InChI=1S/C22H19N3O3/c1-15-5-8-17(25-11-3-4-12-25)13-19(15)24-22(26)20-21(28-14-23-20)16-6-9-18(27-2)10-7-16/h3-14H,1-2H3,(H,24,26). The van der Waals surface area contributed by atoms with Crippen LogP contribution in [-0.4, -0.2) is 22.6 Å². The molecule has 140 valence electrons. The van der Waals surface area contributed by atoms with Crippen molar-refractivity contribution in [1.82, 2.24) is 9.55 Å². The molecule has 0 atom stereocenters. The van der Waals surface area contributed by atoms with E-state index in [-0.39, 0.29) is 11.6 Å². The number of nitrogens with one attached hydrogen (secondary N) is 1. The van der Waals surface area contributed by atoms with Gasteiger partial charge in [0.25, 0.3) is 5.91 Å². The van der Waals surface area contributed by atoms with Crippen molar-refractivity contribution in [3.63, 3.8) is 0 Å². The minimum Gasteiger partial charge on any atom is -0.497 e. The van der Waals surface area contributed by atoms with Crippen molar-refractivity contribution in [2.24, 2.45) is 0 Å². The number of amides is 1. The first kappa shape index (κ1) is 17.6. The molecule has 28 heavy (non-hydrogen) atoms. The summed E-state index contributed by atoms with van der Waals surface area (Å²) in [5, 5.41) is 2.95. The number of carbonyl (C=O) groups excluding carboxylic acids is 1. The molecule has 0 saturated heterocycles. The molecule has 0 radical (unpaired) electrons. The molecule has 4 rings (SSSR count). The highest BCUT2D eigenvalue weighted by Crippen LogP contribution is 2.27. The third kappa shape index (κ3) is 3.40. The zero-order chi connectivity index (χ0) is 19.5. The van der Waals surface area contributed by atoms with Gasteiger partial charge in [-0.05, 0) is 61.0 Å². The van der Waals surface area contributed by atoms with Crippen molar-refractivity contribution >= 4 is 11.6 Å². The quantitative estimate of drug-likeness (QED) is 0.550. The molecule has 0 spiro atoms. The Hall–Kier alpha value is -3.80. The lowest BCUT2D eigenvalue weighted by molar-refractivity contribution is 0.102. The summed E-state index contributed by atoms with van der Waals surface area (Å²) in [5.74, 6) is 0.818. The first-order valence-electron chi connectivity index (χ1n) is 8.79. The lowest BCUT2D eigenvalue weighted by Crippen LogP contribution is -2.14. The van der Waals surface area contributed by atoms with Gasteiger partial charge in [0.15, 0.2) is 17.8 Å². The Morgan fingerprint density at radius 2 is 1.86 bits per heavy atom. The van der Waals surface area contributed by atoms with E-state index >= 15 is 0 Å². The van der Waals surface area contributed by atoms with E-state index < -0.39 is 0 Å². The molecular formula is C22H19N3O3. The Morgan fingerprint density at radius 3 is 2.57 bits per heavy atom. The van der Waals surface area contributed by atoms with E-state index in [2.05, 4.69) is 10.3 Å². The first-order chi connectivity index (χ1) is 13.7. The summed E-state index contributed by atoms with van der Waals surface area (Å²) in [6.07, 6.45) is 5.18. The highest BCUT2D eigenvalue weighted by Gasteiger charge is 2.19. The molecule has 0 aliphatic heterocycles. The molecule has 1 amide bonds. The van der Waals surface area contributed by atoms with Crippen molar-refractivity contribution < 1.29 is 13.9 Å². The maximum absolute atomic E-state index is 12.9. The van der Waals surface area contributed by atoms with Crippen LogP contribution >= 0.6 is 0 Å². The van der Waals surface area contributed by atoms with E-state index in [1.807, 2.05) is 78.5 Å². The molecular weight excluding hydrogens is 354 g/mol. The van der Waals surface area contributed by atoms with E-state index in [4.69, 9.17) is 9.15 Å². The van der Waals surface area contributed by atoms with Gasteiger partial charge in [0.05, 0.1) is 7.11 Å². The Balaban J connectivity index is 1.61.